The first kappa shape index (κ1) is 27.5. The Morgan fingerprint density at radius 3 is 2.36 bits per heavy atom. The molecular formula is C30H27F3N4O2. The van der Waals surface area contributed by atoms with E-state index in [2.05, 4.69) is 11.4 Å². The van der Waals surface area contributed by atoms with E-state index in [1.54, 1.807) is 24.0 Å². The summed E-state index contributed by atoms with van der Waals surface area (Å²) >= 11 is 0. The highest BCUT2D eigenvalue weighted by atomic mass is 19.4. The van der Waals surface area contributed by atoms with Crippen molar-refractivity contribution in [2.24, 2.45) is 0 Å². The number of hydrogen-bond acceptors (Lipinski definition) is 3. The molecule has 0 atom stereocenters. The van der Waals surface area contributed by atoms with Gasteiger partial charge in [-0.3, -0.25) is 9.69 Å². The molecule has 0 bridgehead atoms. The monoisotopic (exact) mass is 532 g/mol. The Hall–Kier alpha value is -4.58. The molecule has 0 aromatic heterocycles. The average Bonchev–Trinajstić information content (AvgIpc) is 2.94. The number of nitriles is 1. The maximum Gasteiger partial charge on any atom is 0.416 e. The summed E-state index contributed by atoms with van der Waals surface area (Å²) in [6.07, 6.45) is -3.96. The average molecular weight is 533 g/mol. The molecule has 4 rings (SSSR count). The van der Waals surface area contributed by atoms with E-state index < -0.39 is 17.8 Å². The van der Waals surface area contributed by atoms with Crippen LogP contribution in [0.15, 0.2) is 78.5 Å². The minimum atomic E-state index is -4.56. The van der Waals surface area contributed by atoms with Gasteiger partial charge in [0, 0.05) is 32.3 Å². The summed E-state index contributed by atoms with van der Waals surface area (Å²) < 4.78 is 40.6. The van der Waals surface area contributed by atoms with Crippen LogP contribution in [-0.4, -0.2) is 37.0 Å². The van der Waals surface area contributed by atoms with Gasteiger partial charge in [0.1, 0.15) is 0 Å². The van der Waals surface area contributed by atoms with Crippen molar-refractivity contribution in [2.45, 2.75) is 25.9 Å². The molecule has 3 amide bonds. The largest absolute Gasteiger partial charge is 0.416 e. The van der Waals surface area contributed by atoms with Crippen molar-refractivity contribution in [1.82, 2.24) is 10.2 Å². The summed E-state index contributed by atoms with van der Waals surface area (Å²) in [6.45, 7) is 2.20. The zero-order chi connectivity index (χ0) is 28.2. The van der Waals surface area contributed by atoms with Gasteiger partial charge < -0.3 is 10.2 Å². The van der Waals surface area contributed by atoms with E-state index in [1.165, 1.54) is 24.1 Å². The van der Waals surface area contributed by atoms with E-state index >= 15 is 0 Å². The molecule has 1 aliphatic heterocycles. The van der Waals surface area contributed by atoms with Crippen molar-refractivity contribution in [2.75, 3.05) is 25.0 Å². The Morgan fingerprint density at radius 2 is 1.72 bits per heavy atom. The Morgan fingerprint density at radius 1 is 1.03 bits per heavy atom. The smallest absolute Gasteiger partial charge is 0.359 e. The molecule has 1 N–H and O–H groups in total. The number of rotatable bonds is 7. The van der Waals surface area contributed by atoms with Gasteiger partial charge in [0.05, 0.1) is 22.9 Å². The standard InChI is InChI=1S/C30H27F3N4O2/c1-20-27(26-10-4-3-9-25(26)22-14-12-21(18-34)13-15-22)19-36(16-6-11-28(38)35-2)29(39)37(20)24-8-5-7-23(17-24)30(31,32)33/h3-5,7-10,12-15,17H,6,11,16,19H2,1-2H3,(H,35,38). The van der Waals surface area contributed by atoms with Crippen molar-refractivity contribution in [3.63, 3.8) is 0 Å². The molecule has 0 radical (unpaired) electrons. The highest BCUT2D eigenvalue weighted by Gasteiger charge is 2.35. The highest BCUT2D eigenvalue weighted by molar-refractivity contribution is 6.02. The molecule has 6 nitrogen and oxygen atoms in total. The van der Waals surface area contributed by atoms with Gasteiger partial charge in [-0.25, -0.2) is 4.79 Å². The molecule has 0 saturated carbocycles. The lowest BCUT2D eigenvalue weighted by Gasteiger charge is -2.38. The lowest BCUT2D eigenvalue weighted by atomic mass is 9.91. The molecule has 39 heavy (non-hydrogen) atoms. The molecule has 0 aliphatic carbocycles. The van der Waals surface area contributed by atoms with E-state index in [0.29, 0.717) is 17.7 Å². The summed E-state index contributed by atoms with van der Waals surface area (Å²) in [6, 6.07) is 21.1. The van der Waals surface area contributed by atoms with Crippen molar-refractivity contribution >= 4 is 23.2 Å². The Bertz CT molecular complexity index is 1460. The Kier molecular flexibility index (Phi) is 8.05. The summed E-state index contributed by atoms with van der Waals surface area (Å²) in [4.78, 5) is 28.3. The molecule has 200 valence electrons. The van der Waals surface area contributed by atoms with E-state index in [-0.39, 0.29) is 31.1 Å². The first-order valence-corrected chi connectivity index (χ1v) is 12.4. The topological polar surface area (TPSA) is 76.4 Å². The number of halogens is 3. The third-order valence-corrected chi connectivity index (χ3v) is 6.70. The number of nitrogens with zero attached hydrogens (tertiary/aromatic N) is 3. The van der Waals surface area contributed by atoms with Gasteiger partial charge in [0.15, 0.2) is 0 Å². The first-order valence-electron chi connectivity index (χ1n) is 12.4. The Balaban J connectivity index is 1.82. The van der Waals surface area contributed by atoms with Crippen molar-refractivity contribution in [1.29, 1.82) is 5.26 Å². The zero-order valence-electron chi connectivity index (χ0n) is 21.5. The van der Waals surface area contributed by atoms with Gasteiger partial charge in [-0.05, 0) is 65.9 Å². The van der Waals surface area contributed by atoms with Crippen LogP contribution in [0, 0.1) is 11.3 Å². The lowest BCUT2D eigenvalue weighted by molar-refractivity contribution is -0.137. The molecule has 1 aliphatic rings. The van der Waals surface area contributed by atoms with E-state index in [1.807, 2.05) is 36.4 Å². The SMILES string of the molecule is CNC(=O)CCCN1CC(c2ccccc2-c2ccc(C#N)cc2)=C(C)N(c2cccc(C(F)(F)F)c2)C1=O. The van der Waals surface area contributed by atoms with E-state index in [4.69, 9.17) is 0 Å². The number of hydrogen-bond donors (Lipinski definition) is 1. The van der Waals surface area contributed by atoms with Gasteiger partial charge in [0.25, 0.3) is 0 Å². The van der Waals surface area contributed by atoms with E-state index in [0.717, 1.165) is 34.4 Å². The van der Waals surface area contributed by atoms with Crippen LogP contribution < -0.4 is 10.2 Å². The van der Waals surface area contributed by atoms with Gasteiger partial charge in [0.2, 0.25) is 5.91 Å². The minimum Gasteiger partial charge on any atom is -0.359 e. The molecular weight excluding hydrogens is 505 g/mol. The number of alkyl halides is 3. The third-order valence-electron chi connectivity index (χ3n) is 6.70. The number of anilines is 1. The number of allylic oxidation sites excluding steroid dienone is 1. The predicted octanol–water partition coefficient (Wildman–Crippen LogP) is 6.44. The van der Waals surface area contributed by atoms with Gasteiger partial charge in [-0.1, -0.05) is 42.5 Å². The number of nitrogens with one attached hydrogen (secondary N) is 1. The van der Waals surface area contributed by atoms with Crippen LogP contribution in [0.4, 0.5) is 23.7 Å². The molecule has 9 heteroatoms. The molecule has 3 aromatic carbocycles. The molecule has 3 aromatic rings. The van der Waals surface area contributed by atoms with Crippen LogP contribution in [0.3, 0.4) is 0 Å². The van der Waals surface area contributed by atoms with Crippen LogP contribution in [0.5, 0.6) is 0 Å². The molecule has 0 unspecified atom stereocenters. The number of carbonyl (C=O) groups is 2. The van der Waals surface area contributed by atoms with Gasteiger partial charge >= 0.3 is 12.2 Å². The molecule has 0 fully saturated rings. The summed E-state index contributed by atoms with van der Waals surface area (Å²) in [7, 11) is 1.54. The summed E-state index contributed by atoms with van der Waals surface area (Å²) in [5, 5.41) is 11.7. The third kappa shape index (κ3) is 5.96. The predicted molar refractivity (Wildman–Crippen MR) is 143 cm³/mol. The second kappa shape index (κ2) is 11.4. The van der Waals surface area contributed by atoms with Crippen molar-refractivity contribution in [3.05, 3.63) is 95.2 Å². The maximum atomic E-state index is 13.7. The number of carbonyl (C=O) groups excluding carboxylic acids is 2. The van der Waals surface area contributed by atoms with Crippen molar-refractivity contribution in [3.8, 4) is 17.2 Å². The number of benzene rings is 3. The van der Waals surface area contributed by atoms with Crippen molar-refractivity contribution < 1.29 is 22.8 Å². The summed E-state index contributed by atoms with van der Waals surface area (Å²) in [5.41, 5.74) is 3.61. The van der Waals surface area contributed by atoms with Crippen LogP contribution in [-0.2, 0) is 11.0 Å². The normalized spacial score (nSPS) is 13.9. The molecule has 0 spiro atoms. The lowest BCUT2D eigenvalue weighted by Crippen LogP contribution is -2.48. The fraction of sp³-hybridized carbons (Fsp3) is 0.233. The van der Waals surface area contributed by atoms with Crippen LogP contribution in [0.25, 0.3) is 16.7 Å². The van der Waals surface area contributed by atoms with Gasteiger partial charge in [-0.2, -0.15) is 18.4 Å². The summed E-state index contributed by atoms with van der Waals surface area (Å²) in [5.74, 6) is -0.160. The highest BCUT2D eigenvalue weighted by Crippen LogP contribution is 2.38. The molecule has 1 heterocycles. The zero-order valence-corrected chi connectivity index (χ0v) is 21.5. The van der Waals surface area contributed by atoms with Crippen LogP contribution >= 0.6 is 0 Å². The number of amides is 3. The second-order valence-electron chi connectivity index (χ2n) is 9.16. The Labute approximate surface area is 225 Å². The second-order valence-corrected chi connectivity index (χ2v) is 9.16. The minimum absolute atomic E-state index is 0.108. The number of urea groups is 1. The fourth-order valence-electron chi connectivity index (χ4n) is 4.65. The fourth-order valence-corrected chi connectivity index (χ4v) is 4.65. The molecule has 0 saturated heterocycles. The maximum absolute atomic E-state index is 13.7. The van der Waals surface area contributed by atoms with Crippen LogP contribution in [0.2, 0.25) is 0 Å². The first-order chi connectivity index (χ1) is 18.6. The van der Waals surface area contributed by atoms with Crippen LogP contribution in [0.1, 0.15) is 36.5 Å². The quantitative estimate of drug-likeness (QED) is 0.380. The van der Waals surface area contributed by atoms with E-state index in [9.17, 15) is 28.0 Å². The van der Waals surface area contributed by atoms with Gasteiger partial charge in [-0.15, -0.1) is 0 Å².